The van der Waals surface area contributed by atoms with Gasteiger partial charge >= 0.3 is 12.2 Å². The molecule has 5 aliphatic rings. The third-order valence-corrected chi connectivity index (χ3v) is 9.99. The predicted molar refractivity (Wildman–Crippen MR) is 155 cm³/mol. The first-order chi connectivity index (χ1) is 22.7. The summed E-state index contributed by atoms with van der Waals surface area (Å²) in [5.41, 5.74) is 0.664. The van der Waals surface area contributed by atoms with Crippen molar-refractivity contribution in [3.05, 3.63) is 41.0 Å². The van der Waals surface area contributed by atoms with Gasteiger partial charge in [-0.3, -0.25) is 4.90 Å². The Labute approximate surface area is 262 Å². The number of nitrogens with zero attached hydrogens (tertiary/aromatic N) is 4. The molecule has 1 aromatic heterocycles. The van der Waals surface area contributed by atoms with Crippen molar-refractivity contribution >= 4 is 22.4 Å². The molecule has 0 unspecified atom stereocenters. The zero-order valence-corrected chi connectivity index (χ0v) is 24.5. The molecule has 2 aliphatic carbocycles. The van der Waals surface area contributed by atoms with Crippen LogP contribution < -0.4 is 15.4 Å². The Kier molecular flexibility index (Phi) is 6.36. The lowest BCUT2D eigenvalue weighted by molar-refractivity contribution is -0.137. The van der Waals surface area contributed by atoms with Gasteiger partial charge in [-0.1, -0.05) is 0 Å². The average molecular weight is 654 g/mol. The van der Waals surface area contributed by atoms with Crippen molar-refractivity contribution in [1.82, 2.24) is 14.9 Å². The van der Waals surface area contributed by atoms with Crippen molar-refractivity contribution in [2.24, 2.45) is 5.92 Å². The Morgan fingerprint density at radius 1 is 1.13 bits per heavy atom. The number of nitrogen functional groups attached to an aromatic ring is 1. The summed E-state index contributed by atoms with van der Waals surface area (Å²) in [7, 11) is 0. The number of hydrogen-bond donors (Lipinski definition) is 1. The quantitative estimate of drug-likeness (QED) is 0.252. The molecule has 0 amide bonds. The number of alkyl halides is 5. The van der Waals surface area contributed by atoms with Crippen LogP contribution in [0.1, 0.15) is 51.9 Å². The average Bonchev–Trinajstić information content (AvgIpc) is 3.88. The summed E-state index contributed by atoms with van der Waals surface area (Å²) in [6.45, 7) is -1.90. The molecule has 14 heteroatoms. The molecule has 2 aromatic carbocycles. The molecule has 246 valence electrons. The minimum atomic E-state index is -4.98. The lowest BCUT2D eigenvalue weighted by atomic mass is 9.90. The lowest BCUT2D eigenvalue weighted by Crippen LogP contribution is -2.43. The number of ether oxygens (including phenoxy) is 2. The number of anilines is 2. The van der Waals surface area contributed by atoms with Crippen molar-refractivity contribution in [2.45, 2.75) is 68.1 Å². The van der Waals surface area contributed by atoms with Crippen LogP contribution in [0.25, 0.3) is 22.0 Å². The van der Waals surface area contributed by atoms with E-state index in [0.29, 0.717) is 25.8 Å². The van der Waals surface area contributed by atoms with Crippen LogP contribution in [0, 0.1) is 17.6 Å². The van der Waals surface area contributed by atoms with E-state index >= 15 is 8.78 Å². The lowest BCUT2D eigenvalue weighted by Gasteiger charge is -2.31. The summed E-state index contributed by atoms with van der Waals surface area (Å²) in [6.07, 6.45) is -6.04. The molecule has 8 rings (SSSR count). The fraction of sp³-hybridized carbons (Fsp3) is 0.562. The zero-order valence-electron chi connectivity index (χ0n) is 26.5. The number of fused-ring (bicyclic) bond motifs is 3. The third kappa shape index (κ3) is 4.85. The van der Waals surface area contributed by atoms with Gasteiger partial charge in [-0.2, -0.15) is 23.1 Å². The highest BCUT2D eigenvalue weighted by atomic mass is 19.4. The highest BCUT2D eigenvalue weighted by molar-refractivity contribution is 5.95. The van der Waals surface area contributed by atoms with Crippen molar-refractivity contribution in [3.8, 4) is 17.1 Å². The number of nitrogens with two attached hydrogens (primary N) is 1. The summed E-state index contributed by atoms with van der Waals surface area (Å²) in [5, 5.41) is -0.272. The Balaban J connectivity index is 1.33. The van der Waals surface area contributed by atoms with Crippen molar-refractivity contribution in [1.29, 1.82) is 0 Å². The van der Waals surface area contributed by atoms with E-state index in [-0.39, 0.29) is 61.6 Å². The van der Waals surface area contributed by atoms with Gasteiger partial charge in [0, 0.05) is 42.1 Å². The molecule has 4 heterocycles. The van der Waals surface area contributed by atoms with E-state index < -0.39 is 88.3 Å². The maximum Gasteiger partial charge on any atom is 0.417 e. The van der Waals surface area contributed by atoms with Crippen LogP contribution in [-0.2, 0) is 10.9 Å². The van der Waals surface area contributed by atoms with Gasteiger partial charge in [0.2, 0.25) is 0 Å². The Bertz CT molecular complexity index is 1810. The van der Waals surface area contributed by atoms with Crippen molar-refractivity contribution in [3.63, 3.8) is 0 Å². The van der Waals surface area contributed by atoms with E-state index in [1.54, 1.807) is 4.90 Å². The summed E-state index contributed by atoms with van der Waals surface area (Å²) in [6, 6.07) is 1.37. The SMILES string of the molecule is [2H]C([2H])(Oc1nc(N2CCOC[C@@H]3[C@@H](F)[C@@H]32)c2cc(F)c(-c3cc(N)cc(C4CC4)c3C(F)(F)F)c(F)c2n1)[C@@]12CCCN1C[C@H](F)C2. The molecule has 0 radical (unpaired) electrons. The maximum atomic E-state index is 16.8. The fourth-order valence-electron chi connectivity index (χ4n) is 7.68. The number of aromatic nitrogens is 2. The van der Waals surface area contributed by atoms with Gasteiger partial charge in [0.05, 0.1) is 38.7 Å². The monoisotopic (exact) mass is 653 g/mol. The van der Waals surface area contributed by atoms with Crippen molar-refractivity contribution < 1.29 is 42.9 Å². The molecule has 5 fully saturated rings. The molecule has 0 spiro atoms. The van der Waals surface area contributed by atoms with Gasteiger partial charge in [-0.05, 0) is 61.9 Å². The molecule has 3 saturated heterocycles. The maximum absolute atomic E-state index is 16.8. The van der Waals surface area contributed by atoms with Gasteiger partial charge < -0.3 is 20.1 Å². The molecule has 7 nitrogen and oxygen atoms in total. The van der Waals surface area contributed by atoms with E-state index in [1.807, 2.05) is 0 Å². The summed E-state index contributed by atoms with van der Waals surface area (Å²) in [5.74, 6) is -4.03. The minimum absolute atomic E-state index is 0.00326. The smallest absolute Gasteiger partial charge is 0.417 e. The second-order valence-electron chi connectivity index (χ2n) is 13.0. The molecular weight excluding hydrogens is 619 g/mol. The first-order valence-corrected chi connectivity index (χ1v) is 15.5. The first kappa shape index (κ1) is 27.7. The minimum Gasteiger partial charge on any atom is -0.461 e. The van der Waals surface area contributed by atoms with Crippen LogP contribution in [0.15, 0.2) is 18.2 Å². The predicted octanol–water partition coefficient (Wildman–Crippen LogP) is 6.18. The second kappa shape index (κ2) is 10.6. The summed E-state index contributed by atoms with van der Waals surface area (Å²) >= 11 is 0. The van der Waals surface area contributed by atoms with Gasteiger partial charge in [0.1, 0.15) is 36.1 Å². The standard InChI is InChI=1S/C32H32F7N5O2/c33-16-11-31(4-1-5-43(31)12-16)14-46-30-41-27-20(29(42-30)44-6-7-45-13-21-25(35)28(21)44)10-22(34)23(26(27)36)19-9-17(40)8-18(15-2-3-15)24(19)32(37,38)39/h8-10,15-16,21,25,28H,1-7,11-14,40H2/t16-,21-,25-,28-,31+/m1/s1/i14D2. The van der Waals surface area contributed by atoms with Gasteiger partial charge in [-0.15, -0.1) is 0 Å². The first-order valence-electron chi connectivity index (χ1n) is 16.5. The topological polar surface area (TPSA) is 76.7 Å². The highest BCUT2D eigenvalue weighted by Crippen LogP contribution is 2.52. The van der Waals surface area contributed by atoms with E-state index in [4.69, 9.17) is 17.9 Å². The van der Waals surface area contributed by atoms with E-state index in [9.17, 15) is 22.0 Å². The highest BCUT2D eigenvalue weighted by Gasteiger charge is 2.57. The number of halogens is 7. The van der Waals surface area contributed by atoms with Crippen LogP contribution in [0.2, 0.25) is 0 Å². The van der Waals surface area contributed by atoms with Gasteiger partial charge in [-0.25, -0.2) is 17.6 Å². The molecule has 46 heavy (non-hydrogen) atoms. The molecule has 5 atom stereocenters. The number of hydrogen-bond acceptors (Lipinski definition) is 7. The van der Waals surface area contributed by atoms with E-state index in [2.05, 4.69) is 9.97 Å². The third-order valence-electron chi connectivity index (χ3n) is 9.99. The Morgan fingerprint density at radius 2 is 1.93 bits per heavy atom. The van der Waals surface area contributed by atoms with Crippen LogP contribution in [0.3, 0.4) is 0 Å². The number of benzene rings is 2. The van der Waals surface area contributed by atoms with Crippen LogP contribution >= 0.6 is 0 Å². The molecule has 2 saturated carbocycles. The van der Waals surface area contributed by atoms with Gasteiger partial charge in [0.15, 0.2) is 5.82 Å². The normalized spacial score (nSPS) is 30.5. The zero-order chi connectivity index (χ0) is 33.9. The largest absolute Gasteiger partial charge is 0.461 e. The van der Waals surface area contributed by atoms with Crippen LogP contribution in [-0.4, -0.2) is 78.2 Å². The van der Waals surface area contributed by atoms with E-state index in [0.717, 1.165) is 12.1 Å². The van der Waals surface area contributed by atoms with Gasteiger partial charge in [0.25, 0.3) is 0 Å². The second-order valence-corrected chi connectivity index (χ2v) is 13.0. The van der Waals surface area contributed by atoms with Crippen molar-refractivity contribution in [2.75, 3.05) is 50.0 Å². The fourth-order valence-corrected chi connectivity index (χ4v) is 7.68. The van der Waals surface area contributed by atoms with Crippen LogP contribution in [0.4, 0.5) is 42.2 Å². The molecule has 3 aromatic rings. The summed E-state index contributed by atoms with van der Waals surface area (Å²) < 4.78 is 135. The summed E-state index contributed by atoms with van der Waals surface area (Å²) in [4.78, 5) is 11.6. The molecule has 0 bridgehead atoms. The van der Waals surface area contributed by atoms with Crippen LogP contribution in [0.5, 0.6) is 6.01 Å². The van der Waals surface area contributed by atoms with E-state index in [1.165, 1.54) is 11.0 Å². The Hall–Kier alpha value is -3.39. The molecule has 2 N–H and O–H groups in total. The molecular formula is C32H32F7N5O2. The Morgan fingerprint density at radius 3 is 2.70 bits per heavy atom. The molecule has 3 aliphatic heterocycles. The number of rotatable bonds is 6.